The molecule has 240 valence electrons. The molecular weight excluding hydrogens is 610 g/mol. The number of methoxy groups -OCH3 is 2. The van der Waals surface area contributed by atoms with Crippen molar-refractivity contribution in [1.82, 2.24) is 29.9 Å². The van der Waals surface area contributed by atoms with Gasteiger partial charge < -0.3 is 37.5 Å². The number of fused-ring (bicyclic) bond motifs is 8. The van der Waals surface area contributed by atoms with Gasteiger partial charge in [0.2, 0.25) is 0 Å². The molecule has 17 heteroatoms. The van der Waals surface area contributed by atoms with E-state index in [2.05, 4.69) is 57.6 Å². The first kappa shape index (κ1) is 33.0. The van der Waals surface area contributed by atoms with Gasteiger partial charge in [0.25, 0.3) is 0 Å². The summed E-state index contributed by atoms with van der Waals surface area (Å²) >= 11 is 0. The Morgan fingerprint density at radius 3 is 1.29 bits per heavy atom. The first-order valence-corrected chi connectivity index (χ1v) is 15.3. The average molecular weight is 644 g/mol. The van der Waals surface area contributed by atoms with E-state index in [1.807, 2.05) is 0 Å². The molecule has 4 aromatic rings. The number of aromatic nitrogens is 6. The highest BCUT2D eigenvalue weighted by Crippen LogP contribution is 2.33. The Morgan fingerprint density at radius 2 is 0.978 bits per heavy atom. The van der Waals surface area contributed by atoms with Crippen molar-refractivity contribution in [3.05, 3.63) is 42.5 Å². The number of hydrogen-bond donors (Lipinski definition) is 0. The molecule has 3 heterocycles. The summed E-state index contributed by atoms with van der Waals surface area (Å²) in [6.45, 7) is 14.2. The summed E-state index contributed by atoms with van der Waals surface area (Å²) in [6.07, 6.45) is 0. The fraction of sp³-hybridized carbons (Fsp3) is 0.357. The normalized spacial score (nSPS) is 12.2. The molecule has 2 aromatic carbocycles. The number of ether oxygens (including phenoxy) is 6. The standard InChI is InChI=1S/C20H14N6O9S.C8H20N/c1-30-15-21-17-25-19(23-15)34-12-7-13(9-14(8-12)36(27,28)29)35-20-24-16(31-2)22-18(26-20)33-11-5-3-4-10(6-11)32-17;1-5-9(6-2,7-3)8-4/h3-9H,1-2H3,(H,27,28,29);5-8H2,1-4H3/q;+1/p-1. The van der Waals surface area contributed by atoms with Gasteiger partial charge in [-0.05, 0) is 52.0 Å². The molecular formula is C28H33N7O9S. The van der Waals surface area contributed by atoms with E-state index >= 15 is 0 Å². The Hall–Kier alpha value is -4.87. The van der Waals surface area contributed by atoms with Crippen LogP contribution in [0.1, 0.15) is 27.7 Å². The molecule has 0 fully saturated rings. The van der Waals surface area contributed by atoms with Crippen molar-refractivity contribution in [2.75, 3.05) is 40.4 Å². The summed E-state index contributed by atoms with van der Waals surface area (Å²) in [6, 6.07) is 8.11. The lowest BCUT2D eigenvalue weighted by atomic mass is 10.3. The van der Waals surface area contributed by atoms with Crippen LogP contribution in [0.3, 0.4) is 0 Å². The molecule has 0 aliphatic carbocycles. The summed E-state index contributed by atoms with van der Waals surface area (Å²) in [5.41, 5.74) is 0. The number of nitrogens with zero attached hydrogens (tertiary/aromatic N) is 7. The summed E-state index contributed by atoms with van der Waals surface area (Å²) in [4.78, 5) is 23.3. The van der Waals surface area contributed by atoms with Crippen LogP contribution in [0.4, 0.5) is 0 Å². The third kappa shape index (κ3) is 8.62. The van der Waals surface area contributed by atoms with Crippen molar-refractivity contribution in [1.29, 1.82) is 0 Å². The molecule has 1 aliphatic rings. The maximum atomic E-state index is 11.8. The van der Waals surface area contributed by atoms with Crippen LogP contribution >= 0.6 is 0 Å². The van der Waals surface area contributed by atoms with Gasteiger partial charge in [-0.15, -0.1) is 29.9 Å². The van der Waals surface area contributed by atoms with Crippen molar-refractivity contribution in [3.63, 3.8) is 0 Å². The molecule has 2 aromatic heterocycles. The molecule has 0 radical (unpaired) electrons. The molecule has 0 saturated heterocycles. The van der Waals surface area contributed by atoms with Gasteiger partial charge in [0, 0.05) is 12.1 Å². The molecule has 16 nitrogen and oxygen atoms in total. The molecule has 5 rings (SSSR count). The van der Waals surface area contributed by atoms with Gasteiger partial charge in [0.1, 0.15) is 33.1 Å². The van der Waals surface area contributed by atoms with Crippen molar-refractivity contribution in [2.24, 2.45) is 0 Å². The molecule has 0 unspecified atom stereocenters. The topological polar surface area (TPSA) is 190 Å². The molecule has 1 aliphatic heterocycles. The molecule has 0 saturated carbocycles. The molecule has 0 spiro atoms. The molecule has 45 heavy (non-hydrogen) atoms. The summed E-state index contributed by atoms with van der Waals surface area (Å²) in [5, 5.41) is 0. The minimum absolute atomic E-state index is 0.160. The minimum atomic E-state index is -4.93. The second-order valence-corrected chi connectivity index (χ2v) is 10.7. The lowest BCUT2D eigenvalue weighted by Crippen LogP contribution is -2.47. The van der Waals surface area contributed by atoms with Crippen LogP contribution < -0.4 is 28.4 Å². The van der Waals surface area contributed by atoms with Crippen LogP contribution in [0.15, 0.2) is 47.4 Å². The van der Waals surface area contributed by atoms with Gasteiger partial charge in [-0.2, -0.15) is 0 Å². The van der Waals surface area contributed by atoms with E-state index in [0.29, 0.717) is 0 Å². The fourth-order valence-electron chi connectivity index (χ4n) is 4.18. The zero-order chi connectivity index (χ0) is 32.6. The molecule has 0 N–H and O–H groups in total. The van der Waals surface area contributed by atoms with Gasteiger partial charge in [0.05, 0.1) is 45.3 Å². The van der Waals surface area contributed by atoms with Crippen LogP contribution in [0.5, 0.6) is 59.1 Å². The maximum Gasteiger partial charge on any atom is 0.331 e. The Morgan fingerprint density at radius 1 is 0.622 bits per heavy atom. The number of hydrogen-bond acceptors (Lipinski definition) is 15. The Kier molecular flexibility index (Phi) is 10.5. The summed E-state index contributed by atoms with van der Waals surface area (Å²) < 4.78 is 69.2. The predicted octanol–water partition coefficient (Wildman–Crippen LogP) is 4.34. The van der Waals surface area contributed by atoms with Crippen LogP contribution in [0.25, 0.3) is 0 Å². The second kappa shape index (κ2) is 14.3. The highest BCUT2D eigenvalue weighted by atomic mass is 32.2. The quantitative estimate of drug-likeness (QED) is 0.180. The van der Waals surface area contributed by atoms with E-state index in [1.54, 1.807) is 18.2 Å². The van der Waals surface area contributed by atoms with E-state index in [9.17, 15) is 13.0 Å². The molecule has 0 amide bonds. The van der Waals surface area contributed by atoms with Crippen molar-refractivity contribution in [3.8, 4) is 59.1 Å². The summed E-state index contributed by atoms with van der Waals surface area (Å²) in [7, 11) is -2.30. The third-order valence-electron chi connectivity index (χ3n) is 6.98. The largest absolute Gasteiger partial charge is 0.744 e. The van der Waals surface area contributed by atoms with Crippen LogP contribution in [-0.4, -0.2) is 87.8 Å². The van der Waals surface area contributed by atoms with E-state index in [-0.39, 0.29) is 59.1 Å². The fourth-order valence-corrected chi connectivity index (χ4v) is 4.70. The predicted molar refractivity (Wildman–Crippen MR) is 156 cm³/mol. The zero-order valence-electron chi connectivity index (χ0n) is 25.6. The van der Waals surface area contributed by atoms with Crippen LogP contribution in [0.2, 0.25) is 0 Å². The first-order chi connectivity index (χ1) is 21.5. The van der Waals surface area contributed by atoms with Gasteiger partial charge in [-0.1, -0.05) is 6.07 Å². The van der Waals surface area contributed by atoms with E-state index in [1.165, 1.54) is 57.0 Å². The van der Waals surface area contributed by atoms with Gasteiger partial charge in [-0.25, -0.2) is 8.42 Å². The van der Waals surface area contributed by atoms with Crippen molar-refractivity contribution in [2.45, 2.75) is 32.6 Å². The maximum absolute atomic E-state index is 11.8. The van der Waals surface area contributed by atoms with E-state index < -0.39 is 15.0 Å². The third-order valence-corrected chi connectivity index (χ3v) is 7.79. The lowest BCUT2D eigenvalue weighted by molar-refractivity contribution is -0.921. The summed E-state index contributed by atoms with van der Waals surface area (Å²) in [5.74, 6) is 0.177. The van der Waals surface area contributed by atoms with Crippen molar-refractivity contribution < 1.29 is 45.9 Å². The Balaban J connectivity index is 0.000000448. The van der Waals surface area contributed by atoms with Gasteiger partial charge >= 0.3 is 36.1 Å². The van der Waals surface area contributed by atoms with Gasteiger partial charge in [0.15, 0.2) is 0 Å². The Labute approximate surface area is 260 Å². The minimum Gasteiger partial charge on any atom is -0.744 e. The monoisotopic (exact) mass is 643 g/mol. The van der Waals surface area contributed by atoms with Crippen LogP contribution in [-0.2, 0) is 10.1 Å². The lowest BCUT2D eigenvalue weighted by Gasteiger charge is -2.34. The highest BCUT2D eigenvalue weighted by Gasteiger charge is 2.18. The highest BCUT2D eigenvalue weighted by molar-refractivity contribution is 7.85. The SMILES string of the molecule is CC[N+](CC)(CC)CC.COc1nc2nc(n1)Oc1cc(cc(S(=O)(=O)[O-])c1)Oc1nc(OC)nc(n1)Oc1cccc(c1)O2. The van der Waals surface area contributed by atoms with Gasteiger partial charge in [-0.3, -0.25) is 0 Å². The molecule has 8 bridgehead atoms. The molecule has 0 atom stereocenters. The Bertz CT molecular complexity index is 1630. The van der Waals surface area contributed by atoms with E-state index in [0.717, 1.165) is 12.1 Å². The second-order valence-electron chi connectivity index (χ2n) is 9.36. The van der Waals surface area contributed by atoms with Crippen molar-refractivity contribution >= 4 is 10.1 Å². The smallest absolute Gasteiger partial charge is 0.331 e. The number of quaternary nitrogens is 1. The number of rotatable bonds is 7. The zero-order valence-corrected chi connectivity index (χ0v) is 26.4. The first-order valence-electron chi connectivity index (χ1n) is 13.9. The number of benzene rings is 2. The van der Waals surface area contributed by atoms with E-state index in [4.69, 9.17) is 28.4 Å². The average Bonchev–Trinajstić information content (AvgIpc) is 3.02. The van der Waals surface area contributed by atoms with Crippen LogP contribution in [0, 0.1) is 0 Å².